The van der Waals surface area contributed by atoms with Crippen LogP contribution in [-0.4, -0.2) is 28.0 Å². The topological polar surface area (TPSA) is 91.7 Å². The van der Waals surface area contributed by atoms with Gasteiger partial charge in [0.05, 0.1) is 11.3 Å². The van der Waals surface area contributed by atoms with E-state index in [2.05, 4.69) is 15.0 Å². The van der Waals surface area contributed by atoms with Gasteiger partial charge in [-0.25, -0.2) is 15.0 Å². The fourth-order valence-electron chi connectivity index (χ4n) is 2.96. The molecule has 2 aromatic heterocycles. The molecule has 130 valence electrons. The highest BCUT2D eigenvalue weighted by Gasteiger charge is 2.34. The third-order valence-corrected chi connectivity index (χ3v) is 4.12. The second-order valence-electron chi connectivity index (χ2n) is 5.80. The predicted molar refractivity (Wildman–Crippen MR) is 84.6 cm³/mol. The third kappa shape index (κ3) is 3.63. The van der Waals surface area contributed by atoms with Crippen molar-refractivity contribution in [3.63, 3.8) is 0 Å². The fraction of sp³-hybridized carbons (Fsp3) is 0.375. The molecule has 1 aliphatic rings. The summed E-state index contributed by atoms with van der Waals surface area (Å²) in [7, 11) is 0. The Hall–Kier alpha value is -2.89. The molecule has 0 aromatic carbocycles. The molecule has 0 saturated carbocycles. The van der Waals surface area contributed by atoms with E-state index >= 15 is 0 Å². The van der Waals surface area contributed by atoms with E-state index in [0.717, 1.165) is 30.7 Å². The largest absolute Gasteiger partial charge is 0.433 e. The Morgan fingerprint density at radius 1 is 1.24 bits per heavy atom. The molecule has 6 nitrogen and oxygen atoms in total. The van der Waals surface area contributed by atoms with Gasteiger partial charge in [-0.05, 0) is 31.0 Å². The zero-order chi connectivity index (χ0) is 18.0. The first-order chi connectivity index (χ1) is 11.9. The van der Waals surface area contributed by atoms with E-state index in [0.29, 0.717) is 13.1 Å². The number of nitriles is 1. The van der Waals surface area contributed by atoms with Crippen molar-refractivity contribution in [3.8, 4) is 6.07 Å². The van der Waals surface area contributed by atoms with Crippen molar-refractivity contribution in [1.82, 2.24) is 15.0 Å². The Bertz CT molecular complexity index is 814. The maximum atomic E-state index is 13.0. The Morgan fingerprint density at radius 3 is 2.72 bits per heavy atom. The van der Waals surface area contributed by atoms with Crippen LogP contribution in [0.5, 0.6) is 0 Å². The molecule has 1 fully saturated rings. The Kier molecular flexibility index (Phi) is 4.44. The summed E-state index contributed by atoms with van der Waals surface area (Å²) in [5.41, 5.74) is 5.46. The first kappa shape index (κ1) is 17.0. The second-order valence-corrected chi connectivity index (χ2v) is 5.80. The van der Waals surface area contributed by atoms with Crippen LogP contribution in [0.3, 0.4) is 0 Å². The average molecular weight is 348 g/mol. The van der Waals surface area contributed by atoms with Crippen LogP contribution in [0, 0.1) is 11.3 Å². The first-order valence-electron chi connectivity index (χ1n) is 7.70. The van der Waals surface area contributed by atoms with E-state index in [-0.39, 0.29) is 23.2 Å². The van der Waals surface area contributed by atoms with Gasteiger partial charge >= 0.3 is 6.18 Å². The summed E-state index contributed by atoms with van der Waals surface area (Å²) in [5.74, 6) is 0.204. The van der Waals surface area contributed by atoms with Crippen molar-refractivity contribution in [1.29, 1.82) is 5.26 Å². The Balaban J connectivity index is 1.92. The molecule has 25 heavy (non-hydrogen) atoms. The normalized spacial score (nSPS) is 18.0. The van der Waals surface area contributed by atoms with Crippen LogP contribution in [0.1, 0.15) is 35.7 Å². The van der Waals surface area contributed by atoms with Gasteiger partial charge in [-0.1, -0.05) is 0 Å². The van der Waals surface area contributed by atoms with Crippen molar-refractivity contribution < 1.29 is 13.2 Å². The van der Waals surface area contributed by atoms with Crippen molar-refractivity contribution in [2.45, 2.75) is 24.9 Å². The lowest BCUT2D eigenvalue weighted by molar-refractivity contribution is -0.141. The summed E-state index contributed by atoms with van der Waals surface area (Å²) in [6, 6.07) is 5.66. The minimum atomic E-state index is -4.56. The zero-order valence-corrected chi connectivity index (χ0v) is 13.2. The maximum absolute atomic E-state index is 13.0. The van der Waals surface area contributed by atoms with Crippen LogP contribution in [0.25, 0.3) is 0 Å². The van der Waals surface area contributed by atoms with Crippen LogP contribution < -0.4 is 10.6 Å². The third-order valence-electron chi connectivity index (χ3n) is 4.12. The highest BCUT2D eigenvalue weighted by atomic mass is 19.4. The molecule has 0 amide bonds. The molecular weight excluding hydrogens is 333 g/mol. The maximum Gasteiger partial charge on any atom is 0.433 e. The molecule has 0 aliphatic carbocycles. The zero-order valence-electron chi connectivity index (χ0n) is 13.2. The molecule has 2 aromatic rings. The molecular formula is C16H15F3N6. The molecule has 0 radical (unpaired) electrons. The van der Waals surface area contributed by atoms with Crippen molar-refractivity contribution in [2.24, 2.45) is 0 Å². The lowest BCUT2D eigenvalue weighted by Gasteiger charge is -2.34. The average Bonchev–Trinajstić information content (AvgIpc) is 2.60. The van der Waals surface area contributed by atoms with Crippen molar-refractivity contribution >= 4 is 11.8 Å². The van der Waals surface area contributed by atoms with Gasteiger partial charge in [-0.15, -0.1) is 0 Å². The smallest absolute Gasteiger partial charge is 0.368 e. The highest BCUT2D eigenvalue weighted by Crippen LogP contribution is 2.33. The Labute approximate surface area is 142 Å². The van der Waals surface area contributed by atoms with Gasteiger partial charge in [0.2, 0.25) is 5.95 Å². The van der Waals surface area contributed by atoms with Gasteiger partial charge in [0, 0.05) is 25.2 Å². The minimum Gasteiger partial charge on any atom is -0.368 e. The summed E-state index contributed by atoms with van der Waals surface area (Å²) in [6.07, 6.45) is -1.43. The fourth-order valence-corrected chi connectivity index (χ4v) is 2.96. The van der Waals surface area contributed by atoms with E-state index in [4.69, 9.17) is 5.73 Å². The summed E-state index contributed by atoms with van der Waals surface area (Å²) in [6.45, 7) is 0.944. The number of hydrogen-bond donors (Lipinski definition) is 1. The number of nitrogens with two attached hydrogens (primary N) is 1. The molecule has 0 unspecified atom stereocenters. The Morgan fingerprint density at radius 2 is 2.04 bits per heavy atom. The van der Waals surface area contributed by atoms with E-state index < -0.39 is 11.9 Å². The molecule has 1 aliphatic heterocycles. The van der Waals surface area contributed by atoms with Crippen LogP contribution >= 0.6 is 0 Å². The summed E-state index contributed by atoms with van der Waals surface area (Å²) in [5, 5.41) is 9.23. The number of aromatic nitrogens is 3. The lowest BCUT2D eigenvalue weighted by Crippen LogP contribution is -2.36. The number of nitrogens with zero attached hydrogens (tertiary/aromatic N) is 5. The van der Waals surface area contributed by atoms with Gasteiger partial charge < -0.3 is 10.6 Å². The number of anilines is 2. The lowest BCUT2D eigenvalue weighted by atomic mass is 9.94. The molecule has 1 saturated heterocycles. The van der Waals surface area contributed by atoms with E-state index in [1.54, 1.807) is 17.2 Å². The summed E-state index contributed by atoms with van der Waals surface area (Å²) >= 11 is 0. The molecule has 0 bridgehead atoms. The van der Waals surface area contributed by atoms with Crippen molar-refractivity contribution in [2.75, 3.05) is 23.7 Å². The second kappa shape index (κ2) is 6.55. The van der Waals surface area contributed by atoms with Gasteiger partial charge in [-0.2, -0.15) is 18.4 Å². The van der Waals surface area contributed by atoms with Crippen LogP contribution in [0.4, 0.5) is 24.9 Å². The number of nitrogen functional groups attached to an aromatic ring is 1. The molecule has 1 atom stereocenters. The number of pyridine rings is 1. The first-order valence-corrected chi connectivity index (χ1v) is 7.70. The summed E-state index contributed by atoms with van der Waals surface area (Å²) in [4.78, 5) is 13.5. The van der Waals surface area contributed by atoms with Crippen LogP contribution in [-0.2, 0) is 6.18 Å². The van der Waals surface area contributed by atoms with Gasteiger partial charge in [0.1, 0.15) is 17.6 Å². The molecule has 9 heteroatoms. The molecule has 0 spiro atoms. The standard InChI is InChI=1S/C16H15F3N6/c17-16(18,19)13-4-3-10(8-20)14(24-13)25-7-1-2-11(9-25)12-5-6-22-15(21)23-12/h3-6,11H,1-2,7,9H2,(H2,21,22,23)/t11-/m1/s1. The SMILES string of the molecule is N#Cc1ccc(C(F)(F)F)nc1N1CCC[C@@H](c2ccnc(N)n2)C1. The number of hydrogen-bond acceptors (Lipinski definition) is 6. The number of halogens is 3. The van der Waals surface area contributed by atoms with E-state index in [1.807, 2.05) is 6.07 Å². The number of rotatable bonds is 2. The minimum absolute atomic E-state index is 0.0121. The van der Waals surface area contributed by atoms with Crippen molar-refractivity contribution in [3.05, 3.63) is 41.3 Å². The van der Waals surface area contributed by atoms with Gasteiger partial charge in [-0.3, -0.25) is 0 Å². The molecule has 3 heterocycles. The summed E-state index contributed by atoms with van der Waals surface area (Å²) < 4.78 is 38.9. The quantitative estimate of drug-likeness (QED) is 0.897. The highest BCUT2D eigenvalue weighted by molar-refractivity contribution is 5.55. The van der Waals surface area contributed by atoms with Crippen LogP contribution in [0.2, 0.25) is 0 Å². The van der Waals surface area contributed by atoms with Gasteiger partial charge in [0.15, 0.2) is 0 Å². The molecule has 3 rings (SSSR count). The van der Waals surface area contributed by atoms with E-state index in [1.165, 1.54) is 0 Å². The van der Waals surface area contributed by atoms with Gasteiger partial charge in [0.25, 0.3) is 0 Å². The number of piperidine rings is 1. The predicted octanol–water partition coefficient (Wildman–Crippen LogP) is 2.73. The van der Waals surface area contributed by atoms with Crippen LogP contribution in [0.15, 0.2) is 24.4 Å². The van der Waals surface area contributed by atoms with E-state index in [9.17, 15) is 18.4 Å². The monoisotopic (exact) mass is 348 g/mol. The molecule has 2 N–H and O–H groups in total. The number of alkyl halides is 3.